The molecule has 3 rings (SSSR count). The number of phenolic OH excluding ortho intramolecular Hbond substituents is 1. The number of amides is 2. The fraction of sp³-hybridized carbons (Fsp3) is 0.250. The van der Waals surface area contributed by atoms with Crippen LogP contribution in [0.1, 0.15) is 33.5 Å². The molecule has 0 atom stereocenters. The van der Waals surface area contributed by atoms with Crippen molar-refractivity contribution in [2.45, 2.75) is 20.4 Å². The molecule has 130 valence electrons. The van der Waals surface area contributed by atoms with E-state index in [4.69, 9.17) is 5.73 Å². The predicted octanol–water partition coefficient (Wildman–Crippen LogP) is 1.15. The van der Waals surface area contributed by atoms with Crippen LogP contribution in [0.3, 0.4) is 0 Å². The van der Waals surface area contributed by atoms with Crippen molar-refractivity contribution >= 4 is 28.8 Å². The van der Waals surface area contributed by atoms with E-state index >= 15 is 0 Å². The molecule has 1 aromatic carbocycles. The highest BCUT2D eigenvalue weighted by molar-refractivity contribution is 6.04. The normalized spacial score (nSPS) is 11.0. The van der Waals surface area contributed by atoms with Crippen molar-refractivity contribution in [3.8, 4) is 5.75 Å². The molecule has 3 aromatic rings. The molecule has 9 heteroatoms. The zero-order valence-electron chi connectivity index (χ0n) is 14.1. The maximum absolute atomic E-state index is 12.5. The van der Waals surface area contributed by atoms with Gasteiger partial charge in [0.15, 0.2) is 0 Å². The van der Waals surface area contributed by atoms with E-state index in [2.05, 4.69) is 15.4 Å². The van der Waals surface area contributed by atoms with E-state index in [1.54, 1.807) is 24.7 Å². The van der Waals surface area contributed by atoms with Gasteiger partial charge < -0.3 is 15.4 Å². The number of nitrogens with two attached hydrogens (primary N) is 1. The number of carbonyl (C=O) groups is 2. The van der Waals surface area contributed by atoms with Crippen LogP contribution in [-0.2, 0) is 13.6 Å². The molecule has 0 aliphatic heterocycles. The monoisotopic (exact) mass is 342 g/mol. The summed E-state index contributed by atoms with van der Waals surface area (Å²) in [4.78, 5) is 28.1. The standard InChI is InChI=1S/C16H18N6O3/c1-4-22-11(5-8(2)20-22)15(25)19-16-18-10-6-9(14(17)24)7-12(23)13(10)21(16)3/h5-7,23H,4H2,1-3H3,(H2,17,24)(H,18,19,25). The quantitative estimate of drug-likeness (QED) is 0.655. The van der Waals surface area contributed by atoms with E-state index < -0.39 is 5.91 Å². The van der Waals surface area contributed by atoms with Gasteiger partial charge in [0.05, 0.1) is 11.2 Å². The number of phenols is 1. The number of primary amides is 1. The van der Waals surface area contributed by atoms with Gasteiger partial charge in [0.2, 0.25) is 11.9 Å². The van der Waals surface area contributed by atoms with Crippen LogP contribution in [-0.4, -0.2) is 36.3 Å². The van der Waals surface area contributed by atoms with Gasteiger partial charge in [0.1, 0.15) is 17.0 Å². The Balaban J connectivity index is 2.01. The van der Waals surface area contributed by atoms with Crippen LogP contribution in [0.2, 0.25) is 0 Å². The number of hydrogen-bond donors (Lipinski definition) is 3. The molecule has 0 saturated heterocycles. The maximum Gasteiger partial charge on any atom is 0.276 e. The van der Waals surface area contributed by atoms with E-state index in [1.165, 1.54) is 16.7 Å². The highest BCUT2D eigenvalue weighted by Crippen LogP contribution is 2.28. The second kappa shape index (κ2) is 5.93. The predicted molar refractivity (Wildman–Crippen MR) is 91.5 cm³/mol. The molecule has 0 saturated carbocycles. The molecule has 0 fully saturated rings. The summed E-state index contributed by atoms with van der Waals surface area (Å²) in [5.74, 6) is -0.944. The molecule has 0 unspecified atom stereocenters. The summed E-state index contributed by atoms with van der Waals surface area (Å²) in [5, 5.41) is 17.1. The number of anilines is 1. The van der Waals surface area contributed by atoms with Crippen molar-refractivity contribution in [3.63, 3.8) is 0 Å². The SMILES string of the molecule is CCn1nc(C)cc1C(=O)Nc1nc2cc(C(N)=O)cc(O)c2n1C. The minimum atomic E-state index is -0.671. The van der Waals surface area contributed by atoms with Crippen molar-refractivity contribution in [2.75, 3.05) is 5.32 Å². The summed E-state index contributed by atoms with van der Waals surface area (Å²) in [6.07, 6.45) is 0. The third-order valence-corrected chi connectivity index (χ3v) is 3.89. The number of fused-ring (bicyclic) bond motifs is 1. The number of aryl methyl sites for hydroxylation is 3. The van der Waals surface area contributed by atoms with Crippen molar-refractivity contribution in [2.24, 2.45) is 12.8 Å². The molecule has 2 heterocycles. The molecule has 2 aromatic heterocycles. The lowest BCUT2D eigenvalue weighted by Crippen LogP contribution is -2.19. The van der Waals surface area contributed by atoms with Crippen molar-refractivity contribution in [3.05, 3.63) is 35.2 Å². The van der Waals surface area contributed by atoms with E-state index in [0.717, 1.165) is 5.69 Å². The van der Waals surface area contributed by atoms with Crippen LogP contribution < -0.4 is 11.1 Å². The van der Waals surface area contributed by atoms with E-state index in [1.807, 2.05) is 6.92 Å². The molecule has 0 bridgehead atoms. The number of nitrogens with one attached hydrogen (secondary N) is 1. The number of hydrogen-bond acceptors (Lipinski definition) is 5. The average Bonchev–Trinajstić information content (AvgIpc) is 3.08. The third-order valence-electron chi connectivity index (χ3n) is 3.89. The molecule has 0 radical (unpaired) electrons. The zero-order valence-corrected chi connectivity index (χ0v) is 14.1. The Hall–Kier alpha value is -3.36. The van der Waals surface area contributed by atoms with Gasteiger partial charge in [-0.1, -0.05) is 0 Å². The second-order valence-corrected chi connectivity index (χ2v) is 5.66. The summed E-state index contributed by atoms with van der Waals surface area (Å²) in [5.41, 5.74) is 7.28. The first kappa shape index (κ1) is 16.5. The van der Waals surface area contributed by atoms with Gasteiger partial charge in [-0.2, -0.15) is 5.10 Å². The fourth-order valence-electron chi connectivity index (χ4n) is 2.72. The van der Waals surface area contributed by atoms with E-state index in [9.17, 15) is 14.7 Å². The molecular formula is C16H18N6O3. The minimum absolute atomic E-state index is 0.140. The molecule has 9 nitrogen and oxygen atoms in total. The Morgan fingerprint density at radius 2 is 2.04 bits per heavy atom. The highest BCUT2D eigenvalue weighted by atomic mass is 16.3. The Labute approximate surface area is 143 Å². The van der Waals surface area contributed by atoms with E-state index in [0.29, 0.717) is 23.3 Å². The van der Waals surface area contributed by atoms with Crippen LogP contribution in [0.15, 0.2) is 18.2 Å². The molecule has 0 aliphatic carbocycles. The van der Waals surface area contributed by atoms with Crippen molar-refractivity contribution in [1.29, 1.82) is 0 Å². The molecule has 0 aliphatic rings. The van der Waals surface area contributed by atoms with Gasteiger partial charge >= 0.3 is 0 Å². The number of rotatable bonds is 4. The Kier molecular flexibility index (Phi) is 3.91. The van der Waals surface area contributed by atoms with Crippen molar-refractivity contribution < 1.29 is 14.7 Å². The summed E-state index contributed by atoms with van der Waals surface area (Å²) in [7, 11) is 1.65. The number of nitrogens with zero attached hydrogens (tertiary/aromatic N) is 4. The first-order chi connectivity index (χ1) is 11.8. The Morgan fingerprint density at radius 3 is 2.68 bits per heavy atom. The topological polar surface area (TPSA) is 128 Å². The van der Waals surface area contributed by atoms with Gasteiger partial charge in [-0.3, -0.25) is 19.6 Å². The van der Waals surface area contributed by atoms with Crippen LogP contribution in [0.5, 0.6) is 5.75 Å². The Morgan fingerprint density at radius 1 is 1.32 bits per heavy atom. The average molecular weight is 342 g/mol. The van der Waals surface area contributed by atoms with E-state index in [-0.39, 0.29) is 23.2 Å². The third kappa shape index (κ3) is 2.80. The molecule has 0 spiro atoms. The van der Waals surface area contributed by atoms with Gasteiger partial charge in [0, 0.05) is 19.2 Å². The van der Waals surface area contributed by atoms with Gasteiger partial charge in [-0.15, -0.1) is 0 Å². The van der Waals surface area contributed by atoms with Gasteiger partial charge in [-0.05, 0) is 32.0 Å². The summed E-state index contributed by atoms with van der Waals surface area (Å²) < 4.78 is 3.13. The number of aromatic hydroxyl groups is 1. The van der Waals surface area contributed by atoms with Gasteiger partial charge in [-0.25, -0.2) is 4.98 Å². The summed E-state index contributed by atoms with van der Waals surface area (Å²) in [6.45, 7) is 4.25. The van der Waals surface area contributed by atoms with Crippen molar-refractivity contribution in [1.82, 2.24) is 19.3 Å². The first-order valence-electron chi connectivity index (χ1n) is 7.66. The smallest absolute Gasteiger partial charge is 0.276 e. The number of aromatic nitrogens is 4. The zero-order chi connectivity index (χ0) is 18.3. The van der Waals surface area contributed by atoms with Crippen LogP contribution in [0, 0.1) is 6.92 Å². The lowest BCUT2D eigenvalue weighted by atomic mass is 10.2. The summed E-state index contributed by atoms with van der Waals surface area (Å²) in [6, 6.07) is 4.42. The molecule has 2 amide bonds. The Bertz CT molecular complexity index is 1000. The lowest BCUT2D eigenvalue weighted by molar-refractivity contribution is 0.0995. The lowest BCUT2D eigenvalue weighted by Gasteiger charge is -2.07. The van der Waals surface area contributed by atoms with Crippen LogP contribution in [0.4, 0.5) is 5.95 Å². The summed E-state index contributed by atoms with van der Waals surface area (Å²) >= 11 is 0. The number of carbonyl (C=O) groups excluding carboxylic acids is 2. The fourth-order valence-corrected chi connectivity index (χ4v) is 2.72. The van der Waals surface area contributed by atoms with Crippen LogP contribution in [0.25, 0.3) is 11.0 Å². The minimum Gasteiger partial charge on any atom is -0.506 e. The maximum atomic E-state index is 12.5. The molecule has 25 heavy (non-hydrogen) atoms. The number of benzene rings is 1. The largest absolute Gasteiger partial charge is 0.506 e. The molecule has 4 N–H and O–H groups in total. The molecular weight excluding hydrogens is 324 g/mol. The first-order valence-corrected chi connectivity index (χ1v) is 7.66. The number of imidazole rings is 1. The van der Waals surface area contributed by atoms with Gasteiger partial charge in [0.25, 0.3) is 5.91 Å². The second-order valence-electron chi connectivity index (χ2n) is 5.66. The highest BCUT2D eigenvalue weighted by Gasteiger charge is 2.19. The van der Waals surface area contributed by atoms with Crippen LogP contribution >= 0.6 is 0 Å².